The molecule has 0 aliphatic heterocycles. The normalized spacial score (nSPS) is 12.0. The van der Waals surface area contributed by atoms with E-state index in [1.807, 2.05) is 38.1 Å². The maximum absolute atomic E-state index is 12.3. The Kier molecular flexibility index (Phi) is 6.76. The second-order valence-corrected chi connectivity index (χ2v) is 7.47. The van der Waals surface area contributed by atoms with Crippen molar-refractivity contribution < 1.29 is 14.3 Å². The van der Waals surface area contributed by atoms with E-state index in [9.17, 15) is 9.59 Å². The highest BCUT2D eigenvalue weighted by atomic mass is 32.1. The SMILES string of the molecule is CCOC(=O)c1cc([C@H](C)c2ccccc2)sc1NC(=O)CC(C)C. The van der Waals surface area contributed by atoms with Crippen molar-refractivity contribution in [3.63, 3.8) is 0 Å². The molecule has 0 saturated carbocycles. The van der Waals surface area contributed by atoms with Crippen LogP contribution in [0.15, 0.2) is 36.4 Å². The number of carbonyl (C=O) groups excluding carboxylic acids is 2. The second kappa shape index (κ2) is 8.81. The third-order valence-corrected chi connectivity index (χ3v) is 5.05. The Morgan fingerprint density at radius 3 is 2.44 bits per heavy atom. The number of benzene rings is 1. The topological polar surface area (TPSA) is 55.4 Å². The molecule has 0 saturated heterocycles. The lowest BCUT2D eigenvalue weighted by molar-refractivity contribution is -0.116. The van der Waals surface area contributed by atoms with Gasteiger partial charge in [0.25, 0.3) is 0 Å². The molecule has 1 aromatic carbocycles. The highest BCUT2D eigenvalue weighted by Crippen LogP contribution is 2.36. The number of anilines is 1. The lowest BCUT2D eigenvalue weighted by Crippen LogP contribution is -2.15. The number of hydrogen-bond acceptors (Lipinski definition) is 4. The minimum Gasteiger partial charge on any atom is -0.462 e. The molecule has 2 rings (SSSR count). The van der Waals surface area contributed by atoms with Crippen molar-refractivity contribution in [3.8, 4) is 0 Å². The molecule has 2 aromatic rings. The third-order valence-electron chi connectivity index (χ3n) is 3.82. The number of amides is 1. The standard InChI is InChI=1S/C20H25NO3S/c1-5-24-20(23)16-12-17(14(4)15-9-7-6-8-10-15)25-19(16)21-18(22)11-13(2)3/h6-10,12-14H,5,11H2,1-4H3,(H,21,22)/t14-/m1/s1. The van der Waals surface area contributed by atoms with Crippen LogP contribution in [-0.2, 0) is 9.53 Å². The number of thiophene rings is 1. The van der Waals surface area contributed by atoms with Crippen LogP contribution in [0.1, 0.15) is 60.8 Å². The molecule has 0 bridgehead atoms. The summed E-state index contributed by atoms with van der Waals surface area (Å²) in [6.07, 6.45) is 0.420. The van der Waals surface area contributed by atoms with Crippen molar-refractivity contribution in [2.24, 2.45) is 5.92 Å². The fourth-order valence-electron chi connectivity index (χ4n) is 2.53. The Balaban J connectivity index is 2.31. The van der Waals surface area contributed by atoms with Crippen LogP contribution in [-0.4, -0.2) is 18.5 Å². The van der Waals surface area contributed by atoms with Gasteiger partial charge in [0, 0.05) is 17.2 Å². The number of esters is 1. The zero-order valence-electron chi connectivity index (χ0n) is 15.2. The smallest absolute Gasteiger partial charge is 0.341 e. The molecule has 134 valence electrons. The summed E-state index contributed by atoms with van der Waals surface area (Å²) in [5.74, 6) is -0.0877. The second-order valence-electron chi connectivity index (χ2n) is 6.39. The van der Waals surface area contributed by atoms with Gasteiger partial charge in [-0.1, -0.05) is 51.1 Å². The molecular formula is C20H25NO3S. The summed E-state index contributed by atoms with van der Waals surface area (Å²) in [7, 11) is 0. The molecule has 1 heterocycles. The summed E-state index contributed by atoms with van der Waals surface area (Å²) in [6, 6.07) is 11.9. The highest BCUT2D eigenvalue weighted by molar-refractivity contribution is 7.16. The molecule has 0 unspecified atom stereocenters. The fraction of sp³-hybridized carbons (Fsp3) is 0.400. The van der Waals surface area contributed by atoms with Crippen molar-refractivity contribution in [3.05, 3.63) is 52.4 Å². The molecule has 1 N–H and O–H groups in total. The molecule has 5 heteroatoms. The van der Waals surface area contributed by atoms with Crippen LogP contribution in [0.25, 0.3) is 0 Å². The van der Waals surface area contributed by atoms with Crippen molar-refractivity contribution in [2.45, 2.75) is 40.0 Å². The molecular weight excluding hydrogens is 334 g/mol. The summed E-state index contributed by atoms with van der Waals surface area (Å²) in [4.78, 5) is 25.4. The Morgan fingerprint density at radius 1 is 1.16 bits per heavy atom. The number of ether oxygens (including phenoxy) is 1. The van der Waals surface area contributed by atoms with E-state index in [2.05, 4.69) is 24.4 Å². The largest absolute Gasteiger partial charge is 0.462 e. The zero-order valence-corrected chi connectivity index (χ0v) is 16.0. The molecule has 4 nitrogen and oxygen atoms in total. The van der Waals surface area contributed by atoms with Crippen LogP contribution in [0, 0.1) is 5.92 Å². The van der Waals surface area contributed by atoms with Gasteiger partial charge in [-0.05, 0) is 24.5 Å². The summed E-state index contributed by atoms with van der Waals surface area (Å²) in [5, 5.41) is 3.46. The van der Waals surface area contributed by atoms with Crippen LogP contribution in [0.5, 0.6) is 0 Å². The number of nitrogens with one attached hydrogen (secondary N) is 1. The van der Waals surface area contributed by atoms with E-state index in [4.69, 9.17) is 4.74 Å². The van der Waals surface area contributed by atoms with Gasteiger partial charge in [-0.3, -0.25) is 4.79 Å². The van der Waals surface area contributed by atoms with Crippen molar-refractivity contribution in [1.82, 2.24) is 0 Å². The Morgan fingerprint density at radius 2 is 1.84 bits per heavy atom. The zero-order chi connectivity index (χ0) is 18.4. The molecule has 25 heavy (non-hydrogen) atoms. The van der Waals surface area contributed by atoms with E-state index < -0.39 is 5.97 Å². The minimum absolute atomic E-state index is 0.0821. The molecule has 0 aliphatic rings. The van der Waals surface area contributed by atoms with Gasteiger partial charge in [0.15, 0.2) is 0 Å². The average Bonchev–Trinajstić information content (AvgIpc) is 2.98. The average molecular weight is 359 g/mol. The first kappa shape index (κ1) is 19.2. The van der Waals surface area contributed by atoms with Gasteiger partial charge in [0.05, 0.1) is 12.2 Å². The lowest BCUT2D eigenvalue weighted by atomic mass is 9.99. The van der Waals surface area contributed by atoms with Gasteiger partial charge >= 0.3 is 5.97 Å². The van der Waals surface area contributed by atoms with Crippen LogP contribution in [0.4, 0.5) is 5.00 Å². The molecule has 1 atom stereocenters. The Labute approximate surface area is 153 Å². The maximum Gasteiger partial charge on any atom is 0.341 e. The van der Waals surface area contributed by atoms with Crippen molar-refractivity contribution in [1.29, 1.82) is 0 Å². The lowest BCUT2D eigenvalue weighted by Gasteiger charge is -2.09. The van der Waals surface area contributed by atoms with Gasteiger partial charge < -0.3 is 10.1 Å². The number of hydrogen-bond donors (Lipinski definition) is 1. The van der Waals surface area contributed by atoms with E-state index in [0.29, 0.717) is 23.6 Å². The van der Waals surface area contributed by atoms with Gasteiger partial charge in [-0.25, -0.2) is 4.79 Å². The van der Waals surface area contributed by atoms with E-state index in [1.165, 1.54) is 16.9 Å². The minimum atomic E-state index is -0.398. The Hall–Kier alpha value is -2.14. The van der Waals surface area contributed by atoms with Gasteiger partial charge in [-0.15, -0.1) is 11.3 Å². The fourth-order valence-corrected chi connectivity index (χ4v) is 3.67. The molecule has 1 amide bonds. The van der Waals surface area contributed by atoms with Gasteiger partial charge in [0.1, 0.15) is 5.00 Å². The van der Waals surface area contributed by atoms with Gasteiger partial charge in [0.2, 0.25) is 5.91 Å². The first-order valence-electron chi connectivity index (χ1n) is 8.58. The van der Waals surface area contributed by atoms with E-state index in [1.54, 1.807) is 6.92 Å². The Bertz CT molecular complexity index is 722. The highest BCUT2D eigenvalue weighted by Gasteiger charge is 2.22. The van der Waals surface area contributed by atoms with E-state index in [-0.39, 0.29) is 17.7 Å². The third kappa shape index (κ3) is 5.16. The van der Waals surface area contributed by atoms with Crippen LogP contribution >= 0.6 is 11.3 Å². The van der Waals surface area contributed by atoms with Crippen LogP contribution in [0.2, 0.25) is 0 Å². The first-order valence-corrected chi connectivity index (χ1v) is 9.39. The van der Waals surface area contributed by atoms with Crippen molar-refractivity contribution >= 4 is 28.2 Å². The number of carbonyl (C=O) groups is 2. The molecule has 0 spiro atoms. The molecule has 0 fully saturated rings. The summed E-state index contributed by atoms with van der Waals surface area (Å²) in [5.41, 5.74) is 1.60. The van der Waals surface area contributed by atoms with Gasteiger partial charge in [-0.2, -0.15) is 0 Å². The van der Waals surface area contributed by atoms with Crippen LogP contribution in [0.3, 0.4) is 0 Å². The summed E-state index contributed by atoms with van der Waals surface area (Å²) in [6.45, 7) is 8.15. The quantitative estimate of drug-likeness (QED) is 0.703. The first-order chi connectivity index (χ1) is 11.9. The maximum atomic E-state index is 12.3. The molecule has 0 radical (unpaired) electrons. The molecule has 1 aromatic heterocycles. The monoisotopic (exact) mass is 359 g/mol. The predicted octanol–water partition coefficient (Wildman–Crippen LogP) is 5.06. The van der Waals surface area contributed by atoms with E-state index >= 15 is 0 Å². The summed E-state index contributed by atoms with van der Waals surface area (Å²) >= 11 is 1.44. The number of rotatable bonds is 7. The van der Waals surface area contributed by atoms with Crippen LogP contribution < -0.4 is 5.32 Å². The van der Waals surface area contributed by atoms with E-state index in [0.717, 1.165) is 4.88 Å². The summed E-state index contributed by atoms with van der Waals surface area (Å²) < 4.78 is 5.15. The predicted molar refractivity (Wildman–Crippen MR) is 102 cm³/mol. The molecule has 0 aliphatic carbocycles. The van der Waals surface area contributed by atoms with Crippen molar-refractivity contribution in [2.75, 3.05) is 11.9 Å².